The Balaban J connectivity index is 2.11. The molecule has 0 aliphatic heterocycles. The van der Waals surface area contributed by atoms with Crippen LogP contribution in [0.25, 0.3) is 0 Å². The van der Waals surface area contributed by atoms with Gasteiger partial charge in [0.05, 0.1) is 11.4 Å². The molecule has 17 heavy (non-hydrogen) atoms. The van der Waals surface area contributed by atoms with Crippen LogP contribution in [0.1, 0.15) is 12.5 Å². The van der Waals surface area contributed by atoms with Crippen LogP contribution in [0.4, 0.5) is 11.4 Å². The maximum absolute atomic E-state index is 4.19. The Morgan fingerprint density at radius 2 is 1.29 bits per heavy atom. The number of azo groups is 1. The van der Waals surface area contributed by atoms with Gasteiger partial charge in [0, 0.05) is 4.47 Å². The summed E-state index contributed by atoms with van der Waals surface area (Å²) in [6.45, 7) is 2.14. The largest absolute Gasteiger partial charge is 0.151 e. The smallest absolute Gasteiger partial charge is 0.0857 e. The second-order valence-electron chi connectivity index (χ2n) is 3.70. The van der Waals surface area contributed by atoms with Crippen LogP contribution in [-0.2, 0) is 6.42 Å². The van der Waals surface area contributed by atoms with Crippen LogP contribution in [0.5, 0.6) is 0 Å². The zero-order valence-electron chi connectivity index (χ0n) is 9.60. The van der Waals surface area contributed by atoms with E-state index >= 15 is 0 Å². The minimum Gasteiger partial charge on any atom is -0.151 e. The molecule has 0 N–H and O–H groups in total. The van der Waals surface area contributed by atoms with Crippen molar-refractivity contribution in [2.24, 2.45) is 10.2 Å². The predicted octanol–water partition coefficient (Wildman–Crippen LogP) is 5.43. The number of rotatable bonds is 3. The second-order valence-corrected chi connectivity index (χ2v) is 4.61. The molecule has 2 aromatic rings. The van der Waals surface area contributed by atoms with Gasteiger partial charge in [-0.05, 0) is 48.4 Å². The Bertz CT molecular complexity index is 501. The van der Waals surface area contributed by atoms with Gasteiger partial charge < -0.3 is 0 Å². The van der Waals surface area contributed by atoms with Crippen molar-refractivity contribution in [1.29, 1.82) is 0 Å². The van der Waals surface area contributed by atoms with Gasteiger partial charge in [-0.2, -0.15) is 10.2 Å². The summed E-state index contributed by atoms with van der Waals surface area (Å²) in [5.41, 5.74) is 3.05. The molecule has 0 radical (unpaired) electrons. The Morgan fingerprint density at radius 3 is 1.76 bits per heavy atom. The number of hydrogen-bond donors (Lipinski definition) is 0. The zero-order chi connectivity index (χ0) is 12.1. The van der Waals surface area contributed by atoms with Crippen LogP contribution < -0.4 is 0 Å². The van der Waals surface area contributed by atoms with Crippen molar-refractivity contribution < 1.29 is 0 Å². The molecule has 0 saturated heterocycles. The highest BCUT2D eigenvalue weighted by Gasteiger charge is 1.92. The van der Waals surface area contributed by atoms with Crippen LogP contribution in [-0.4, -0.2) is 0 Å². The summed E-state index contributed by atoms with van der Waals surface area (Å²) in [7, 11) is 0. The highest BCUT2D eigenvalue weighted by atomic mass is 79.9. The minimum atomic E-state index is 0.854. The molecule has 2 rings (SSSR count). The van der Waals surface area contributed by atoms with E-state index in [9.17, 15) is 0 Å². The molecule has 3 heteroatoms. The maximum atomic E-state index is 4.19. The molecule has 0 heterocycles. The number of hydrogen-bond acceptors (Lipinski definition) is 2. The van der Waals surface area contributed by atoms with Gasteiger partial charge >= 0.3 is 0 Å². The number of nitrogens with zero attached hydrogens (tertiary/aromatic N) is 2. The molecule has 0 atom stereocenters. The third-order valence-corrected chi connectivity index (χ3v) is 2.98. The van der Waals surface area contributed by atoms with Gasteiger partial charge in [-0.25, -0.2) is 0 Å². The van der Waals surface area contributed by atoms with Crippen molar-refractivity contribution >= 4 is 27.3 Å². The first kappa shape index (κ1) is 12.0. The average molecular weight is 289 g/mol. The highest BCUT2D eigenvalue weighted by Crippen LogP contribution is 2.20. The standard InChI is InChI=1S/C14H13BrN2/c1-2-11-3-7-13(8-4-11)16-17-14-9-5-12(15)6-10-14/h3-10H,2H2,1H3. The van der Waals surface area contributed by atoms with E-state index in [1.807, 2.05) is 36.4 Å². The highest BCUT2D eigenvalue weighted by molar-refractivity contribution is 9.10. The number of halogens is 1. The summed E-state index contributed by atoms with van der Waals surface area (Å²) >= 11 is 3.39. The number of benzene rings is 2. The third-order valence-electron chi connectivity index (χ3n) is 2.45. The van der Waals surface area contributed by atoms with E-state index in [0.717, 1.165) is 22.3 Å². The lowest BCUT2D eigenvalue weighted by Crippen LogP contribution is -1.75. The van der Waals surface area contributed by atoms with Crippen molar-refractivity contribution in [3.05, 3.63) is 58.6 Å². The Labute approximate surface area is 110 Å². The molecular formula is C14H13BrN2. The van der Waals surface area contributed by atoms with Gasteiger partial charge in [0.25, 0.3) is 0 Å². The van der Waals surface area contributed by atoms with Crippen LogP contribution in [0.3, 0.4) is 0 Å². The molecule has 2 nitrogen and oxygen atoms in total. The third kappa shape index (κ3) is 3.49. The van der Waals surface area contributed by atoms with E-state index in [-0.39, 0.29) is 0 Å². The van der Waals surface area contributed by atoms with E-state index in [1.165, 1.54) is 5.56 Å². The maximum Gasteiger partial charge on any atom is 0.0857 e. The lowest BCUT2D eigenvalue weighted by atomic mass is 10.2. The molecule has 0 spiro atoms. The second kappa shape index (κ2) is 5.73. The van der Waals surface area contributed by atoms with E-state index in [2.05, 4.69) is 45.2 Å². The predicted molar refractivity (Wildman–Crippen MR) is 74.1 cm³/mol. The van der Waals surface area contributed by atoms with E-state index in [0.29, 0.717) is 0 Å². The molecule has 0 unspecified atom stereocenters. The molecule has 0 amide bonds. The van der Waals surface area contributed by atoms with E-state index in [4.69, 9.17) is 0 Å². The molecular weight excluding hydrogens is 276 g/mol. The SMILES string of the molecule is CCc1ccc(N=Nc2ccc(Br)cc2)cc1. The van der Waals surface area contributed by atoms with Gasteiger partial charge in [-0.15, -0.1) is 0 Å². The average Bonchev–Trinajstić information content (AvgIpc) is 2.39. The van der Waals surface area contributed by atoms with Crippen LogP contribution in [0.2, 0.25) is 0 Å². The molecule has 86 valence electrons. The lowest BCUT2D eigenvalue weighted by molar-refractivity contribution is 1.13. The van der Waals surface area contributed by atoms with Gasteiger partial charge in [0.1, 0.15) is 0 Å². The Kier molecular flexibility index (Phi) is 4.04. The quantitative estimate of drug-likeness (QED) is 0.673. The zero-order valence-corrected chi connectivity index (χ0v) is 11.2. The van der Waals surface area contributed by atoms with Crippen LogP contribution in [0.15, 0.2) is 63.2 Å². The first-order valence-corrected chi connectivity index (χ1v) is 6.33. The fraction of sp³-hybridized carbons (Fsp3) is 0.143. The van der Waals surface area contributed by atoms with Gasteiger partial charge in [0.15, 0.2) is 0 Å². The van der Waals surface area contributed by atoms with Gasteiger partial charge in [0.2, 0.25) is 0 Å². The van der Waals surface area contributed by atoms with Gasteiger partial charge in [-0.3, -0.25) is 0 Å². The van der Waals surface area contributed by atoms with E-state index in [1.54, 1.807) is 0 Å². The molecule has 0 saturated carbocycles. The summed E-state index contributed by atoms with van der Waals surface area (Å²) in [5, 5.41) is 8.37. The fourth-order valence-electron chi connectivity index (χ4n) is 1.42. The Morgan fingerprint density at radius 1 is 0.824 bits per heavy atom. The summed E-state index contributed by atoms with van der Waals surface area (Å²) < 4.78 is 1.05. The van der Waals surface area contributed by atoms with Crippen molar-refractivity contribution in [1.82, 2.24) is 0 Å². The van der Waals surface area contributed by atoms with E-state index < -0.39 is 0 Å². The monoisotopic (exact) mass is 288 g/mol. The lowest BCUT2D eigenvalue weighted by Gasteiger charge is -1.96. The molecule has 0 aromatic heterocycles. The summed E-state index contributed by atoms with van der Waals surface area (Å²) in [6, 6.07) is 15.9. The molecule has 2 aromatic carbocycles. The minimum absolute atomic E-state index is 0.854. The fourth-order valence-corrected chi connectivity index (χ4v) is 1.69. The molecule has 0 fully saturated rings. The van der Waals surface area contributed by atoms with Crippen LogP contribution in [0, 0.1) is 0 Å². The van der Waals surface area contributed by atoms with Gasteiger partial charge in [-0.1, -0.05) is 35.0 Å². The first-order chi connectivity index (χ1) is 8.28. The topological polar surface area (TPSA) is 24.7 Å². The van der Waals surface area contributed by atoms with Crippen molar-refractivity contribution in [2.75, 3.05) is 0 Å². The summed E-state index contributed by atoms with van der Waals surface area (Å²) in [6.07, 6.45) is 1.05. The van der Waals surface area contributed by atoms with Crippen molar-refractivity contribution in [2.45, 2.75) is 13.3 Å². The normalized spacial score (nSPS) is 10.9. The summed E-state index contributed by atoms with van der Waals surface area (Å²) in [5.74, 6) is 0. The molecule has 0 aliphatic carbocycles. The summed E-state index contributed by atoms with van der Waals surface area (Å²) in [4.78, 5) is 0. The number of aryl methyl sites for hydroxylation is 1. The Hall–Kier alpha value is -1.48. The van der Waals surface area contributed by atoms with Crippen LogP contribution >= 0.6 is 15.9 Å². The molecule has 0 bridgehead atoms. The molecule has 0 aliphatic rings. The van der Waals surface area contributed by atoms with Crippen molar-refractivity contribution in [3.63, 3.8) is 0 Å². The van der Waals surface area contributed by atoms with Crippen molar-refractivity contribution in [3.8, 4) is 0 Å². The first-order valence-electron chi connectivity index (χ1n) is 5.54.